The van der Waals surface area contributed by atoms with Gasteiger partial charge in [-0.2, -0.15) is 0 Å². The van der Waals surface area contributed by atoms with Crippen LogP contribution in [0, 0.1) is 0 Å². The minimum Gasteiger partial charge on any atom is -0.364 e. The molecule has 5 nitrogen and oxygen atoms in total. The molecule has 24 heavy (non-hydrogen) atoms. The SMILES string of the molecule is NC(=O)c1cn2c(n1)CCCC1=C2CN(Cc2ccccc2)CC1. The molecule has 0 saturated carbocycles. The fourth-order valence-electron chi connectivity index (χ4n) is 3.74. The fraction of sp³-hybridized carbons (Fsp3) is 0.368. The lowest BCUT2D eigenvalue weighted by molar-refractivity contribution is 0.0996. The van der Waals surface area contributed by atoms with Crippen molar-refractivity contribution >= 4 is 11.6 Å². The molecule has 5 heteroatoms. The third-order valence-corrected chi connectivity index (χ3v) is 4.96. The summed E-state index contributed by atoms with van der Waals surface area (Å²) < 4.78 is 2.12. The molecule has 2 aliphatic heterocycles. The normalized spacial score (nSPS) is 18.0. The molecule has 2 N–H and O–H groups in total. The largest absolute Gasteiger partial charge is 0.364 e. The molecule has 0 fully saturated rings. The zero-order valence-electron chi connectivity index (χ0n) is 13.7. The van der Waals surface area contributed by atoms with Crippen molar-refractivity contribution in [3.05, 3.63) is 59.2 Å². The van der Waals surface area contributed by atoms with Gasteiger partial charge in [0.05, 0.1) is 0 Å². The Balaban J connectivity index is 1.62. The lowest BCUT2D eigenvalue weighted by Crippen LogP contribution is -2.32. The molecule has 0 bridgehead atoms. The highest BCUT2D eigenvalue weighted by atomic mass is 16.1. The first-order chi connectivity index (χ1) is 11.7. The van der Waals surface area contributed by atoms with Crippen molar-refractivity contribution in [1.82, 2.24) is 14.5 Å². The highest BCUT2D eigenvalue weighted by Crippen LogP contribution is 2.31. The van der Waals surface area contributed by atoms with Crippen molar-refractivity contribution in [3.8, 4) is 0 Å². The minimum absolute atomic E-state index is 0.374. The number of aryl methyl sites for hydroxylation is 1. The van der Waals surface area contributed by atoms with Crippen LogP contribution in [0.25, 0.3) is 5.70 Å². The average molecular weight is 322 g/mol. The van der Waals surface area contributed by atoms with E-state index in [4.69, 9.17) is 5.73 Å². The minimum atomic E-state index is -0.449. The maximum atomic E-state index is 11.5. The van der Waals surface area contributed by atoms with Crippen LogP contribution in [-0.2, 0) is 13.0 Å². The quantitative estimate of drug-likeness (QED) is 0.944. The summed E-state index contributed by atoms with van der Waals surface area (Å²) >= 11 is 0. The van der Waals surface area contributed by atoms with Crippen molar-refractivity contribution in [2.24, 2.45) is 5.73 Å². The number of carbonyl (C=O) groups is 1. The second-order valence-corrected chi connectivity index (χ2v) is 6.63. The average Bonchev–Trinajstić information content (AvgIpc) is 2.94. The Labute approximate surface area is 141 Å². The lowest BCUT2D eigenvalue weighted by Gasteiger charge is -2.31. The molecule has 0 saturated heterocycles. The number of hydrogen-bond donors (Lipinski definition) is 1. The lowest BCUT2D eigenvalue weighted by atomic mass is 10.00. The Morgan fingerprint density at radius 3 is 2.79 bits per heavy atom. The van der Waals surface area contributed by atoms with E-state index in [2.05, 4.69) is 44.8 Å². The Morgan fingerprint density at radius 2 is 2.00 bits per heavy atom. The van der Waals surface area contributed by atoms with Crippen LogP contribution in [0.2, 0.25) is 0 Å². The number of benzene rings is 1. The molecule has 2 aliphatic rings. The van der Waals surface area contributed by atoms with E-state index >= 15 is 0 Å². The van der Waals surface area contributed by atoms with Crippen LogP contribution in [0.4, 0.5) is 0 Å². The van der Waals surface area contributed by atoms with E-state index in [1.807, 2.05) is 6.20 Å². The molecule has 1 aromatic carbocycles. The summed E-state index contributed by atoms with van der Waals surface area (Å²) in [6.07, 6.45) is 6.03. The van der Waals surface area contributed by atoms with Gasteiger partial charge in [0.2, 0.25) is 0 Å². The first-order valence-corrected chi connectivity index (χ1v) is 8.56. The fourth-order valence-corrected chi connectivity index (χ4v) is 3.74. The van der Waals surface area contributed by atoms with Gasteiger partial charge in [0.25, 0.3) is 5.91 Å². The molecular formula is C19H22N4O. The maximum Gasteiger partial charge on any atom is 0.268 e. The number of primary amides is 1. The second-order valence-electron chi connectivity index (χ2n) is 6.63. The smallest absolute Gasteiger partial charge is 0.268 e. The third kappa shape index (κ3) is 2.87. The Hall–Kier alpha value is -2.40. The number of imidazole rings is 1. The first-order valence-electron chi connectivity index (χ1n) is 8.56. The third-order valence-electron chi connectivity index (χ3n) is 4.96. The van der Waals surface area contributed by atoms with Crippen molar-refractivity contribution in [1.29, 1.82) is 0 Å². The van der Waals surface area contributed by atoms with Crippen LogP contribution >= 0.6 is 0 Å². The zero-order valence-corrected chi connectivity index (χ0v) is 13.7. The molecular weight excluding hydrogens is 300 g/mol. The second kappa shape index (κ2) is 6.24. The number of rotatable bonds is 3. The molecule has 1 amide bonds. The number of carbonyl (C=O) groups excluding carboxylic acids is 1. The van der Waals surface area contributed by atoms with Crippen LogP contribution in [-0.4, -0.2) is 33.4 Å². The summed E-state index contributed by atoms with van der Waals surface area (Å²) in [5.74, 6) is 0.519. The van der Waals surface area contributed by atoms with Crippen molar-refractivity contribution in [2.45, 2.75) is 32.2 Å². The highest BCUT2D eigenvalue weighted by molar-refractivity contribution is 5.90. The van der Waals surface area contributed by atoms with E-state index in [9.17, 15) is 4.79 Å². The number of hydrogen-bond acceptors (Lipinski definition) is 3. The number of amides is 1. The van der Waals surface area contributed by atoms with Crippen LogP contribution in [0.15, 0.2) is 42.1 Å². The van der Waals surface area contributed by atoms with Gasteiger partial charge in [0.15, 0.2) is 0 Å². The summed E-state index contributed by atoms with van der Waals surface area (Å²) in [4.78, 5) is 18.4. The van der Waals surface area contributed by atoms with E-state index in [1.165, 1.54) is 16.8 Å². The molecule has 1 aromatic heterocycles. The van der Waals surface area contributed by atoms with Gasteiger partial charge in [-0.1, -0.05) is 30.3 Å². The summed E-state index contributed by atoms with van der Waals surface area (Å²) in [5, 5.41) is 0. The molecule has 0 aliphatic carbocycles. The number of aromatic nitrogens is 2. The van der Waals surface area contributed by atoms with E-state index in [-0.39, 0.29) is 0 Å². The Morgan fingerprint density at radius 1 is 1.17 bits per heavy atom. The highest BCUT2D eigenvalue weighted by Gasteiger charge is 2.25. The molecule has 124 valence electrons. The molecule has 4 rings (SSSR count). The summed E-state index contributed by atoms with van der Waals surface area (Å²) in [5.41, 5.74) is 9.93. The van der Waals surface area contributed by atoms with Crippen molar-refractivity contribution < 1.29 is 4.79 Å². The van der Waals surface area contributed by atoms with E-state index in [0.29, 0.717) is 5.69 Å². The van der Waals surface area contributed by atoms with Gasteiger partial charge >= 0.3 is 0 Å². The van der Waals surface area contributed by atoms with Crippen molar-refractivity contribution in [3.63, 3.8) is 0 Å². The maximum absolute atomic E-state index is 11.5. The molecule has 0 spiro atoms. The van der Waals surface area contributed by atoms with E-state index in [1.54, 1.807) is 0 Å². The van der Waals surface area contributed by atoms with Crippen LogP contribution in [0.3, 0.4) is 0 Å². The predicted octanol–water partition coefficient (Wildman–Crippen LogP) is 2.44. The van der Waals surface area contributed by atoms with Gasteiger partial charge in [0, 0.05) is 37.9 Å². The molecule has 0 unspecified atom stereocenters. The monoisotopic (exact) mass is 322 g/mol. The van der Waals surface area contributed by atoms with E-state index < -0.39 is 5.91 Å². The topological polar surface area (TPSA) is 64.2 Å². The van der Waals surface area contributed by atoms with Gasteiger partial charge < -0.3 is 10.3 Å². The zero-order chi connectivity index (χ0) is 16.5. The Bertz CT molecular complexity index is 791. The Kier molecular flexibility index (Phi) is 3.94. The van der Waals surface area contributed by atoms with Gasteiger partial charge in [-0.15, -0.1) is 0 Å². The summed E-state index contributed by atoms with van der Waals surface area (Å²) in [6.45, 7) is 2.93. The number of nitrogens with zero attached hydrogens (tertiary/aromatic N) is 3. The van der Waals surface area contributed by atoms with Gasteiger partial charge in [0.1, 0.15) is 11.5 Å². The summed E-state index contributed by atoms with van der Waals surface area (Å²) in [7, 11) is 0. The number of fused-ring (bicyclic) bond motifs is 2. The molecule has 0 radical (unpaired) electrons. The summed E-state index contributed by atoms with van der Waals surface area (Å²) in [6, 6.07) is 10.6. The standard InChI is InChI=1S/C19H22N4O/c20-19(24)16-12-23-17-13-22(11-14-5-2-1-3-6-14)10-9-15(17)7-4-8-18(23)21-16/h1-3,5-6,12H,4,7-11,13H2,(H2,20,24). The van der Waals surface area contributed by atoms with Crippen LogP contribution in [0.5, 0.6) is 0 Å². The number of nitrogens with two attached hydrogens (primary N) is 1. The van der Waals surface area contributed by atoms with Gasteiger partial charge in [-0.3, -0.25) is 9.69 Å². The van der Waals surface area contributed by atoms with Crippen molar-refractivity contribution in [2.75, 3.05) is 13.1 Å². The van der Waals surface area contributed by atoms with Gasteiger partial charge in [-0.25, -0.2) is 4.98 Å². The predicted molar refractivity (Wildman–Crippen MR) is 93.2 cm³/mol. The first kappa shape index (κ1) is 15.1. The van der Waals surface area contributed by atoms with Gasteiger partial charge in [-0.05, 0) is 30.4 Å². The van der Waals surface area contributed by atoms with E-state index in [0.717, 1.165) is 51.1 Å². The molecule has 0 atom stereocenters. The molecule has 2 aromatic rings. The molecule has 3 heterocycles. The van der Waals surface area contributed by atoms with Crippen LogP contribution < -0.4 is 5.73 Å². The van der Waals surface area contributed by atoms with Crippen LogP contribution in [0.1, 0.15) is 41.1 Å².